The third kappa shape index (κ3) is 3.81. The molecule has 0 saturated carbocycles. The molecule has 146 valence electrons. The number of thiophene rings is 1. The number of aromatic nitrogens is 1. The maximum atomic E-state index is 12.5. The van der Waals surface area contributed by atoms with Crippen molar-refractivity contribution in [3.05, 3.63) is 35.2 Å². The number of carbonyl (C=O) groups is 2. The summed E-state index contributed by atoms with van der Waals surface area (Å²) in [5, 5.41) is 3.83. The number of methoxy groups -OCH3 is 1. The topological polar surface area (TPSA) is 97.5 Å². The minimum Gasteiger partial charge on any atom is -0.497 e. The largest absolute Gasteiger partial charge is 0.497 e. The minimum atomic E-state index is -0.215. The summed E-state index contributed by atoms with van der Waals surface area (Å²) >= 11 is 2.96. The van der Waals surface area contributed by atoms with Gasteiger partial charge < -0.3 is 20.7 Å². The van der Waals surface area contributed by atoms with E-state index in [1.54, 1.807) is 42.7 Å². The van der Waals surface area contributed by atoms with Crippen molar-refractivity contribution in [3.63, 3.8) is 0 Å². The Morgan fingerprint density at radius 3 is 2.54 bits per heavy atom. The molecule has 1 aromatic carbocycles. The van der Waals surface area contributed by atoms with E-state index in [0.29, 0.717) is 10.6 Å². The van der Waals surface area contributed by atoms with Crippen molar-refractivity contribution in [1.29, 1.82) is 0 Å². The normalized spacial score (nSPS) is 15.0. The van der Waals surface area contributed by atoms with Crippen LogP contribution in [0.15, 0.2) is 30.3 Å². The third-order valence-corrected chi connectivity index (χ3v) is 7.04. The molecule has 28 heavy (non-hydrogen) atoms. The van der Waals surface area contributed by atoms with Gasteiger partial charge in [0.25, 0.3) is 5.91 Å². The van der Waals surface area contributed by atoms with Crippen LogP contribution in [0.1, 0.15) is 22.5 Å². The van der Waals surface area contributed by atoms with Crippen molar-refractivity contribution in [3.8, 4) is 5.75 Å². The number of nitrogens with one attached hydrogen (secondary N) is 1. The van der Waals surface area contributed by atoms with Crippen LogP contribution in [0.3, 0.4) is 0 Å². The van der Waals surface area contributed by atoms with Crippen LogP contribution in [-0.2, 0) is 4.79 Å². The molecular weight excluding hydrogens is 396 g/mol. The number of fused-ring (bicyclic) bond motifs is 1. The van der Waals surface area contributed by atoms with Gasteiger partial charge in [-0.05, 0) is 43.2 Å². The summed E-state index contributed by atoms with van der Waals surface area (Å²) in [6, 6.07) is 9.10. The summed E-state index contributed by atoms with van der Waals surface area (Å²) in [6.45, 7) is 1.55. The van der Waals surface area contributed by atoms with E-state index in [1.807, 2.05) is 6.07 Å². The van der Waals surface area contributed by atoms with Gasteiger partial charge in [0.05, 0.1) is 16.7 Å². The lowest BCUT2D eigenvalue weighted by atomic mass is 9.97. The van der Waals surface area contributed by atoms with Crippen molar-refractivity contribution >= 4 is 54.8 Å². The third-order valence-electron chi connectivity index (χ3n) is 4.82. The molecule has 4 rings (SSSR count). The number of benzene rings is 1. The molecule has 2 amide bonds. The van der Waals surface area contributed by atoms with Crippen LogP contribution >= 0.6 is 22.7 Å². The van der Waals surface area contributed by atoms with Crippen LogP contribution in [-0.4, -0.2) is 37.0 Å². The van der Waals surface area contributed by atoms with Crippen molar-refractivity contribution in [1.82, 2.24) is 4.98 Å². The standard InChI is InChI=1S/C19H20N4O3S2/c1-26-13-4-2-12(3-5-13)21-17(25)14-10-15-18(27-14)22-19(28-15)23-8-6-11(7-9-23)16(20)24/h2-5,10-11H,6-9H2,1H3,(H2,20,24)(H,21,25). The molecule has 3 heterocycles. The molecule has 3 N–H and O–H groups in total. The molecule has 7 nitrogen and oxygen atoms in total. The van der Waals surface area contributed by atoms with Crippen LogP contribution in [0.2, 0.25) is 0 Å². The second-order valence-corrected chi connectivity index (χ2v) is 8.66. The van der Waals surface area contributed by atoms with Gasteiger partial charge in [-0.15, -0.1) is 11.3 Å². The van der Waals surface area contributed by atoms with Gasteiger partial charge in [-0.2, -0.15) is 0 Å². The van der Waals surface area contributed by atoms with Gasteiger partial charge in [0.15, 0.2) is 5.13 Å². The van der Waals surface area contributed by atoms with Gasteiger partial charge in [0.1, 0.15) is 10.6 Å². The highest BCUT2D eigenvalue weighted by Crippen LogP contribution is 2.36. The highest BCUT2D eigenvalue weighted by molar-refractivity contribution is 7.29. The zero-order valence-corrected chi connectivity index (χ0v) is 16.9. The fourth-order valence-electron chi connectivity index (χ4n) is 3.19. The molecule has 0 radical (unpaired) electrons. The SMILES string of the molecule is COc1ccc(NC(=O)c2cc3sc(N4CCC(C(N)=O)CC4)nc3s2)cc1. The summed E-state index contributed by atoms with van der Waals surface area (Å²) in [6.07, 6.45) is 1.52. The second kappa shape index (κ2) is 7.76. The average Bonchev–Trinajstić information content (AvgIpc) is 3.28. The maximum Gasteiger partial charge on any atom is 0.265 e. The van der Waals surface area contributed by atoms with E-state index in [1.165, 1.54) is 11.3 Å². The van der Waals surface area contributed by atoms with Crippen LogP contribution < -0.4 is 20.7 Å². The van der Waals surface area contributed by atoms with Crippen molar-refractivity contribution in [2.75, 3.05) is 30.4 Å². The summed E-state index contributed by atoms with van der Waals surface area (Å²) < 4.78 is 6.12. The van der Waals surface area contributed by atoms with E-state index >= 15 is 0 Å². The van der Waals surface area contributed by atoms with E-state index in [0.717, 1.165) is 46.3 Å². The van der Waals surface area contributed by atoms with Crippen LogP contribution in [0.4, 0.5) is 10.8 Å². The van der Waals surface area contributed by atoms with Gasteiger partial charge in [0.2, 0.25) is 5.91 Å². The minimum absolute atomic E-state index is 0.0365. The molecule has 0 atom stereocenters. The van der Waals surface area contributed by atoms with E-state index in [9.17, 15) is 9.59 Å². The molecule has 1 saturated heterocycles. The smallest absolute Gasteiger partial charge is 0.265 e. The predicted octanol–water partition coefficient (Wildman–Crippen LogP) is 3.32. The summed E-state index contributed by atoms with van der Waals surface area (Å²) in [7, 11) is 1.60. The Morgan fingerprint density at radius 1 is 1.21 bits per heavy atom. The fourth-order valence-corrected chi connectivity index (χ4v) is 5.35. The summed E-state index contributed by atoms with van der Waals surface area (Å²) in [4.78, 5) is 32.2. The number of hydrogen-bond donors (Lipinski definition) is 2. The van der Waals surface area contributed by atoms with Gasteiger partial charge in [0, 0.05) is 24.7 Å². The Bertz CT molecular complexity index is 973. The first-order chi connectivity index (χ1) is 13.5. The van der Waals surface area contributed by atoms with Crippen molar-refractivity contribution in [2.45, 2.75) is 12.8 Å². The number of hydrogen-bond acceptors (Lipinski definition) is 7. The Labute approximate surface area is 170 Å². The number of anilines is 2. The van der Waals surface area contributed by atoms with Crippen LogP contribution in [0.25, 0.3) is 9.53 Å². The highest BCUT2D eigenvalue weighted by Gasteiger charge is 2.25. The number of nitrogens with two attached hydrogens (primary N) is 1. The quantitative estimate of drug-likeness (QED) is 0.665. The Morgan fingerprint density at radius 2 is 1.93 bits per heavy atom. The van der Waals surface area contributed by atoms with Gasteiger partial charge >= 0.3 is 0 Å². The maximum absolute atomic E-state index is 12.5. The van der Waals surface area contributed by atoms with Gasteiger partial charge in [-0.3, -0.25) is 9.59 Å². The first-order valence-electron chi connectivity index (χ1n) is 8.93. The molecule has 0 bridgehead atoms. The number of carbonyl (C=O) groups excluding carboxylic acids is 2. The van der Waals surface area contributed by atoms with E-state index in [4.69, 9.17) is 10.5 Å². The lowest BCUT2D eigenvalue weighted by molar-refractivity contribution is -0.122. The summed E-state index contributed by atoms with van der Waals surface area (Å²) in [5.41, 5.74) is 6.11. The van der Waals surface area contributed by atoms with Crippen LogP contribution in [0, 0.1) is 5.92 Å². The van der Waals surface area contributed by atoms with E-state index in [-0.39, 0.29) is 17.7 Å². The molecule has 0 aliphatic carbocycles. The molecule has 1 aliphatic heterocycles. The van der Waals surface area contributed by atoms with Crippen LogP contribution in [0.5, 0.6) is 5.75 Å². The Balaban J connectivity index is 1.43. The van der Waals surface area contributed by atoms with E-state index in [2.05, 4.69) is 15.2 Å². The summed E-state index contributed by atoms with van der Waals surface area (Å²) in [5.74, 6) is 0.341. The highest BCUT2D eigenvalue weighted by atomic mass is 32.1. The number of rotatable bonds is 5. The number of piperidine rings is 1. The molecule has 1 aliphatic rings. The zero-order chi connectivity index (χ0) is 19.7. The first kappa shape index (κ1) is 18.7. The molecule has 2 aromatic heterocycles. The molecular formula is C19H20N4O3S2. The number of nitrogens with zero attached hydrogens (tertiary/aromatic N) is 2. The lowest BCUT2D eigenvalue weighted by Crippen LogP contribution is -2.38. The van der Waals surface area contributed by atoms with Gasteiger partial charge in [-0.1, -0.05) is 11.3 Å². The lowest BCUT2D eigenvalue weighted by Gasteiger charge is -2.30. The molecule has 3 aromatic rings. The molecule has 0 unspecified atom stereocenters. The number of amides is 2. The Kier molecular flexibility index (Phi) is 5.19. The second-order valence-electron chi connectivity index (χ2n) is 6.62. The monoisotopic (exact) mass is 416 g/mol. The number of ether oxygens (including phenoxy) is 1. The van der Waals surface area contributed by atoms with Crippen molar-refractivity contribution in [2.24, 2.45) is 11.7 Å². The molecule has 9 heteroatoms. The average molecular weight is 417 g/mol. The number of thiazole rings is 1. The van der Waals surface area contributed by atoms with Gasteiger partial charge in [-0.25, -0.2) is 4.98 Å². The first-order valence-corrected chi connectivity index (χ1v) is 10.6. The van der Waals surface area contributed by atoms with E-state index < -0.39 is 0 Å². The van der Waals surface area contributed by atoms with Crippen molar-refractivity contribution < 1.29 is 14.3 Å². The zero-order valence-electron chi connectivity index (χ0n) is 15.3. The number of primary amides is 1. The molecule has 1 fully saturated rings. The fraction of sp³-hybridized carbons (Fsp3) is 0.316. The molecule has 0 spiro atoms. The Hall–Kier alpha value is -2.65. The predicted molar refractivity (Wildman–Crippen MR) is 113 cm³/mol.